The predicted octanol–water partition coefficient (Wildman–Crippen LogP) is 9.28. The first-order valence-electron chi connectivity index (χ1n) is 16.3. The number of allylic oxidation sites excluding steroid dienone is 10. The number of likely N-dealkylation sites (tertiary alicyclic amines) is 1. The van der Waals surface area contributed by atoms with Crippen LogP contribution in [0.15, 0.2) is 111 Å². The largest absolute Gasteiger partial charge is 0.355 e. The molecule has 228 valence electrons. The highest BCUT2D eigenvalue weighted by Gasteiger charge is 2.28. The van der Waals surface area contributed by atoms with Crippen LogP contribution in [-0.4, -0.2) is 47.5 Å². The summed E-state index contributed by atoms with van der Waals surface area (Å²) in [6, 6.07) is 6.84. The van der Waals surface area contributed by atoms with Crippen molar-refractivity contribution in [1.29, 1.82) is 0 Å². The number of fused-ring (bicyclic) bond motifs is 2. The molecule has 2 aromatic rings. The van der Waals surface area contributed by atoms with E-state index in [-0.39, 0.29) is 12.0 Å². The summed E-state index contributed by atoms with van der Waals surface area (Å²) < 4.78 is 0. The lowest BCUT2D eigenvalue weighted by molar-refractivity contribution is 0.246. The van der Waals surface area contributed by atoms with E-state index >= 15 is 0 Å². The Balaban J connectivity index is 1.40. The van der Waals surface area contributed by atoms with Crippen LogP contribution >= 0.6 is 11.3 Å². The molecule has 44 heavy (non-hydrogen) atoms. The van der Waals surface area contributed by atoms with Gasteiger partial charge in [0.25, 0.3) is 0 Å². The summed E-state index contributed by atoms with van der Waals surface area (Å²) in [7, 11) is 0. The minimum Gasteiger partial charge on any atom is -0.355 e. The molecular weight excluding hydrogens is 557 g/mol. The summed E-state index contributed by atoms with van der Waals surface area (Å²) in [6.45, 7) is 17.2. The van der Waals surface area contributed by atoms with E-state index in [4.69, 9.17) is 4.99 Å². The summed E-state index contributed by atoms with van der Waals surface area (Å²) >= 11 is 1.77. The second kappa shape index (κ2) is 13.6. The van der Waals surface area contributed by atoms with E-state index in [0.717, 1.165) is 30.1 Å². The van der Waals surface area contributed by atoms with Gasteiger partial charge >= 0.3 is 0 Å². The number of hydrogen-bond acceptors (Lipinski definition) is 4. The standard InChI is InChI=1S/C39H46N4S/c1-6-26(2)17-30(20-28(4)25-43-14-8-7-9-15-43)31-18-27(3)19-32-21-29(5)41-39(34(32)22-31)36-23-35-33(38-11-10-16-44-38)12-13-40-24-37(35)42-36/h6,10-13,16-20,22-23,26-27,29,42H,1,7-9,14-15,21,24-25H2,2-5H3/b28-20+,30-17+/t26-,27-,29-/m0/s1. The quantitative estimate of drug-likeness (QED) is 0.238. The van der Waals surface area contributed by atoms with E-state index in [1.807, 2.05) is 12.3 Å². The molecule has 6 rings (SSSR count). The molecule has 1 aliphatic carbocycles. The average molecular weight is 603 g/mol. The molecule has 2 aromatic heterocycles. The zero-order chi connectivity index (χ0) is 30.6. The first-order valence-corrected chi connectivity index (χ1v) is 17.2. The van der Waals surface area contributed by atoms with Gasteiger partial charge in [-0.25, -0.2) is 0 Å². The Morgan fingerprint density at radius 3 is 2.80 bits per heavy atom. The Labute approximate surface area is 267 Å². The topological polar surface area (TPSA) is 43.8 Å². The Morgan fingerprint density at radius 1 is 1.18 bits per heavy atom. The predicted molar refractivity (Wildman–Crippen MR) is 190 cm³/mol. The summed E-state index contributed by atoms with van der Waals surface area (Å²) in [5, 5.41) is 2.14. The maximum Gasteiger partial charge on any atom is 0.0887 e. The molecule has 1 N–H and O–H groups in total. The second-order valence-electron chi connectivity index (χ2n) is 12.9. The molecule has 0 unspecified atom stereocenters. The van der Waals surface area contributed by atoms with Crippen molar-refractivity contribution in [3.63, 3.8) is 0 Å². The van der Waals surface area contributed by atoms with Gasteiger partial charge in [0.2, 0.25) is 0 Å². The number of nitrogens with one attached hydrogen (secondary N) is 1. The van der Waals surface area contributed by atoms with Crippen LogP contribution in [0.3, 0.4) is 0 Å². The molecule has 5 heteroatoms. The molecule has 0 radical (unpaired) electrons. The number of aliphatic imine (C=N–C) groups is 2. The van der Waals surface area contributed by atoms with E-state index in [1.165, 1.54) is 76.2 Å². The van der Waals surface area contributed by atoms with Crippen LogP contribution in [0.2, 0.25) is 0 Å². The second-order valence-corrected chi connectivity index (χ2v) is 13.9. The Morgan fingerprint density at radius 2 is 2.02 bits per heavy atom. The van der Waals surface area contributed by atoms with Crippen molar-refractivity contribution in [3.05, 3.63) is 122 Å². The number of rotatable bonds is 8. The number of aromatic nitrogens is 1. The highest BCUT2D eigenvalue weighted by molar-refractivity contribution is 7.11. The van der Waals surface area contributed by atoms with Gasteiger partial charge in [0, 0.05) is 40.0 Å². The lowest BCUT2D eigenvalue weighted by atomic mass is 9.88. The molecule has 0 bridgehead atoms. The molecule has 4 nitrogen and oxygen atoms in total. The van der Waals surface area contributed by atoms with Gasteiger partial charge in [0.1, 0.15) is 0 Å². The maximum atomic E-state index is 5.30. The fourth-order valence-electron chi connectivity index (χ4n) is 6.84. The first kappa shape index (κ1) is 30.5. The normalized spacial score (nSPS) is 23.7. The number of nitrogens with zero attached hydrogens (tertiary/aromatic N) is 3. The van der Waals surface area contributed by atoms with Crippen molar-refractivity contribution < 1.29 is 0 Å². The molecule has 0 spiro atoms. The minimum atomic E-state index is 0.220. The zero-order valence-electron chi connectivity index (χ0n) is 26.8. The fourth-order valence-corrected chi connectivity index (χ4v) is 7.61. The molecule has 0 saturated carbocycles. The van der Waals surface area contributed by atoms with E-state index in [0.29, 0.717) is 12.5 Å². The van der Waals surface area contributed by atoms with Crippen molar-refractivity contribution in [2.24, 2.45) is 21.8 Å². The highest BCUT2D eigenvalue weighted by Crippen LogP contribution is 2.37. The lowest BCUT2D eigenvalue weighted by Crippen LogP contribution is -2.31. The van der Waals surface area contributed by atoms with Gasteiger partial charge < -0.3 is 4.98 Å². The van der Waals surface area contributed by atoms with E-state index in [1.54, 1.807) is 11.3 Å². The summed E-state index contributed by atoms with van der Waals surface area (Å²) in [5.74, 6) is 0.595. The number of hydrogen-bond donors (Lipinski definition) is 1. The lowest BCUT2D eigenvalue weighted by Gasteiger charge is -2.27. The zero-order valence-corrected chi connectivity index (χ0v) is 27.6. The third kappa shape index (κ3) is 6.90. The maximum absolute atomic E-state index is 5.30. The van der Waals surface area contributed by atoms with Crippen LogP contribution in [0, 0.1) is 11.8 Å². The van der Waals surface area contributed by atoms with E-state index < -0.39 is 0 Å². The van der Waals surface area contributed by atoms with Gasteiger partial charge in [-0.15, -0.1) is 17.9 Å². The van der Waals surface area contributed by atoms with Gasteiger partial charge in [-0.1, -0.05) is 62.3 Å². The third-order valence-corrected chi connectivity index (χ3v) is 9.87. The smallest absolute Gasteiger partial charge is 0.0887 e. The van der Waals surface area contributed by atoms with Crippen LogP contribution in [0.4, 0.5) is 0 Å². The molecule has 0 aromatic carbocycles. The Kier molecular flexibility index (Phi) is 9.44. The first-order chi connectivity index (χ1) is 21.4. The van der Waals surface area contributed by atoms with Crippen molar-refractivity contribution in [2.45, 2.75) is 66.0 Å². The van der Waals surface area contributed by atoms with Gasteiger partial charge in [0.15, 0.2) is 0 Å². The van der Waals surface area contributed by atoms with Crippen molar-refractivity contribution in [1.82, 2.24) is 9.88 Å². The Bertz CT molecular complexity index is 1630. The van der Waals surface area contributed by atoms with Crippen LogP contribution in [-0.2, 0) is 6.54 Å². The van der Waals surface area contributed by atoms with Crippen LogP contribution in [0.1, 0.15) is 75.2 Å². The van der Waals surface area contributed by atoms with E-state index in [9.17, 15) is 0 Å². The van der Waals surface area contributed by atoms with Crippen molar-refractivity contribution in [3.8, 4) is 0 Å². The molecule has 4 aliphatic rings. The third-order valence-electron chi connectivity index (χ3n) is 8.97. The summed E-state index contributed by atoms with van der Waals surface area (Å²) in [4.78, 5) is 17.6. The number of piperidine rings is 1. The van der Waals surface area contributed by atoms with Crippen LogP contribution in [0.25, 0.3) is 5.57 Å². The SMILES string of the molecule is C=C[C@H](C)/C=C(\C=C(/C)CN1CCCCC1)C1=C[C@H](C)C=C2C[C@H](C)N=C(c3cc4c([nH]3)CN=CC=C4c3cccs3)C2=C1. The fraction of sp³-hybridized carbons (Fsp3) is 0.385. The van der Waals surface area contributed by atoms with Gasteiger partial charge in [-0.05, 0) is 104 Å². The summed E-state index contributed by atoms with van der Waals surface area (Å²) in [6.07, 6.45) is 23.2. The highest BCUT2D eigenvalue weighted by atomic mass is 32.1. The minimum absolute atomic E-state index is 0.220. The van der Waals surface area contributed by atoms with Gasteiger partial charge in [-0.2, -0.15) is 0 Å². The molecular formula is C39H46N4S. The molecule has 1 fully saturated rings. The molecule has 3 atom stereocenters. The van der Waals surface area contributed by atoms with Gasteiger partial charge in [-0.3, -0.25) is 14.9 Å². The molecule has 5 heterocycles. The van der Waals surface area contributed by atoms with Crippen LogP contribution in [0.5, 0.6) is 0 Å². The van der Waals surface area contributed by atoms with Crippen molar-refractivity contribution >= 4 is 28.8 Å². The van der Waals surface area contributed by atoms with Crippen LogP contribution < -0.4 is 0 Å². The number of aromatic amines is 1. The number of thiophene rings is 1. The molecule has 0 amide bonds. The van der Waals surface area contributed by atoms with Crippen molar-refractivity contribution in [2.75, 3.05) is 19.6 Å². The van der Waals surface area contributed by atoms with Gasteiger partial charge in [0.05, 0.1) is 24.0 Å². The van der Waals surface area contributed by atoms with E-state index in [2.05, 4.69) is 109 Å². The molecule has 3 aliphatic heterocycles. The Hall–Kier alpha value is -3.54. The number of H-pyrrole nitrogens is 1. The average Bonchev–Trinajstić information content (AvgIpc) is 3.61. The summed E-state index contributed by atoms with van der Waals surface area (Å²) in [5.41, 5.74) is 12.3. The molecule has 1 saturated heterocycles. The monoisotopic (exact) mass is 602 g/mol.